The Hall–Kier alpha value is -2.04. The van der Waals surface area contributed by atoms with Crippen molar-refractivity contribution in [3.05, 3.63) is 30.3 Å². The summed E-state index contributed by atoms with van der Waals surface area (Å²) in [6, 6.07) is 9.54. The summed E-state index contributed by atoms with van der Waals surface area (Å²) in [5.74, 6) is 1.45. The van der Waals surface area contributed by atoms with Crippen LogP contribution in [0.4, 0.5) is 0 Å². The Balaban J connectivity index is 1.41. The molecular weight excluding hydrogens is 292 g/mol. The molecule has 23 heavy (non-hydrogen) atoms. The smallest absolute Gasteiger partial charge is 0.226 e. The van der Waals surface area contributed by atoms with Crippen LogP contribution in [0.2, 0.25) is 0 Å². The second-order valence-corrected chi connectivity index (χ2v) is 6.25. The molecule has 0 radical (unpaired) electrons. The van der Waals surface area contributed by atoms with Gasteiger partial charge in [0.25, 0.3) is 0 Å². The van der Waals surface area contributed by atoms with Crippen molar-refractivity contribution < 1.29 is 14.3 Å². The van der Waals surface area contributed by atoms with E-state index in [1.807, 2.05) is 40.1 Å². The molecule has 0 unspecified atom stereocenters. The van der Waals surface area contributed by atoms with Crippen LogP contribution in [0.3, 0.4) is 0 Å². The van der Waals surface area contributed by atoms with Crippen LogP contribution in [0.15, 0.2) is 30.3 Å². The first-order valence-electron chi connectivity index (χ1n) is 8.48. The van der Waals surface area contributed by atoms with Gasteiger partial charge in [0.05, 0.1) is 13.0 Å². The maximum Gasteiger partial charge on any atom is 0.226 e. The minimum absolute atomic E-state index is 0.113. The van der Waals surface area contributed by atoms with Gasteiger partial charge in [-0.3, -0.25) is 9.59 Å². The Bertz CT molecular complexity index is 542. The van der Waals surface area contributed by atoms with Crippen molar-refractivity contribution in [1.82, 2.24) is 9.80 Å². The second kappa shape index (κ2) is 7.49. The first kappa shape index (κ1) is 15.8. The molecule has 2 aliphatic rings. The summed E-state index contributed by atoms with van der Waals surface area (Å²) in [4.78, 5) is 28.2. The topological polar surface area (TPSA) is 49.9 Å². The van der Waals surface area contributed by atoms with E-state index in [0.29, 0.717) is 26.1 Å². The highest BCUT2D eigenvalue weighted by Gasteiger charge is 2.34. The molecule has 1 aromatic rings. The second-order valence-electron chi connectivity index (χ2n) is 6.25. The third kappa shape index (κ3) is 4.47. The molecule has 5 nitrogen and oxygen atoms in total. The quantitative estimate of drug-likeness (QED) is 0.834. The van der Waals surface area contributed by atoms with Crippen molar-refractivity contribution in [2.75, 3.05) is 32.8 Å². The van der Waals surface area contributed by atoms with Gasteiger partial charge in [0, 0.05) is 32.1 Å². The van der Waals surface area contributed by atoms with Gasteiger partial charge in [0.1, 0.15) is 5.75 Å². The van der Waals surface area contributed by atoms with Gasteiger partial charge in [-0.25, -0.2) is 0 Å². The van der Waals surface area contributed by atoms with E-state index in [1.165, 1.54) is 0 Å². The normalized spacial score (nSPS) is 18.4. The number of ether oxygens (including phenoxy) is 1. The number of carbonyl (C=O) groups is 2. The van der Waals surface area contributed by atoms with Crippen molar-refractivity contribution in [2.24, 2.45) is 5.92 Å². The highest BCUT2D eigenvalue weighted by molar-refractivity contribution is 5.81. The molecule has 3 rings (SSSR count). The maximum atomic E-state index is 12.3. The zero-order chi connectivity index (χ0) is 16.1. The molecular formula is C18H24N2O3. The molecule has 2 fully saturated rings. The van der Waals surface area contributed by atoms with E-state index in [2.05, 4.69) is 0 Å². The fourth-order valence-corrected chi connectivity index (χ4v) is 2.91. The SMILES string of the molecule is O=C(CCOc1ccccc1)N1CCCN(C(=O)C2CC2)CC1. The fourth-order valence-electron chi connectivity index (χ4n) is 2.91. The molecule has 0 aromatic heterocycles. The summed E-state index contributed by atoms with van der Waals surface area (Å²) in [5, 5.41) is 0. The molecule has 5 heteroatoms. The lowest BCUT2D eigenvalue weighted by Crippen LogP contribution is -2.38. The highest BCUT2D eigenvalue weighted by Crippen LogP contribution is 2.31. The first-order valence-corrected chi connectivity index (χ1v) is 8.48. The Morgan fingerprint density at radius 1 is 1.00 bits per heavy atom. The van der Waals surface area contributed by atoms with Crippen LogP contribution in [0.25, 0.3) is 0 Å². The molecule has 1 aliphatic carbocycles. The molecule has 0 spiro atoms. The van der Waals surface area contributed by atoms with E-state index in [4.69, 9.17) is 4.74 Å². The number of hydrogen-bond acceptors (Lipinski definition) is 3. The molecule has 1 aliphatic heterocycles. The maximum absolute atomic E-state index is 12.3. The van der Waals surface area contributed by atoms with Crippen LogP contribution in [0.5, 0.6) is 5.75 Å². The number of carbonyl (C=O) groups excluding carboxylic acids is 2. The van der Waals surface area contributed by atoms with E-state index in [-0.39, 0.29) is 17.7 Å². The average molecular weight is 316 g/mol. The standard InChI is InChI=1S/C18H24N2O3/c21-17(9-14-23-16-5-2-1-3-6-16)19-10-4-11-20(13-12-19)18(22)15-7-8-15/h1-3,5-6,15H,4,7-14H2. The van der Waals surface area contributed by atoms with Crippen molar-refractivity contribution in [3.8, 4) is 5.75 Å². The van der Waals surface area contributed by atoms with Crippen LogP contribution in [0, 0.1) is 5.92 Å². The van der Waals surface area contributed by atoms with Crippen LogP contribution >= 0.6 is 0 Å². The Morgan fingerprint density at radius 2 is 1.70 bits per heavy atom. The van der Waals surface area contributed by atoms with Gasteiger partial charge >= 0.3 is 0 Å². The van der Waals surface area contributed by atoms with Crippen LogP contribution in [0.1, 0.15) is 25.7 Å². The molecule has 1 aromatic carbocycles. The highest BCUT2D eigenvalue weighted by atomic mass is 16.5. The van der Waals surface area contributed by atoms with Crippen LogP contribution in [-0.4, -0.2) is 54.4 Å². The number of amides is 2. The summed E-state index contributed by atoms with van der Waals surface area (Å²) in [6.07, 6.45) is 3.32. The van der Waals surface area contributed by atoms with Gasteiger partial charge < -0.3 is 14.5 Å². The lowest BCUT2D eigenvalue weighted by Gasteiger charge is -2.22. The van der Waals surface area contributed by atoms with E-state index in [9.17, 15) is 9.59 Å². The lowest BCUT2D eigenvalue weighted by molar-refractivity contribution is -0.134. The minimum Gasteiger partial charge on any atom is -0.493 e. The minimum atomic E-state index is 0.113. The molecule has 124 valence electrons. The van der Waals surface area contributed by atoms with Crippen molar-refractivity contribution in [3.63, 3.8) is 0 Å². The van der Waals surface area contributed by atoms with Crippen molar-refractivity contribution in [1.29, 1.82) is 0 Å². The van der Waals surface area contributed by atoms with Crippen molar-refractivity contribution in [2.45, 2.75) is 25.7 Å². The Kier molecular flexibility index (Phi) is 5.16. The van der Waals surface area contributed by atoms with Crippen LogP contribution < -0.4 is 4.74 Å². The predicted octanol–water partition coefficient (Wildman–Crippen LogP) is 1.93. The third-order valence-electron chi connectivity index (χ3n) is 4.41. The number of hydrogen-bond donors (Lipinski definition) is 0. The lowest BCUT2D eigenvalue weighted by atomic mass is 10.3. The average Bonchev–Trinajstić information content (AvgIpc) is 3.41. The molecule has 1 heterocycles. The van der Waals surface area contributed by atoms with E-state index < -0.39 is 0 Å². The zero-order valence-corrected chi connectivity index (χ0v) is 13.4. The van der Waals surface area contributed by atoms with Gasteiger partial charge in [-0.05, 0) is 31.4 Å². The summed E-state index contributed by atoms with van der Waals surface area (Å²) in [6.45, 7) is 3.21. The number of rotatable bonds is 5. The summed E-state index contributed by atoms with van der Waals surface area (Å²) >= 11 is 0. The van der Waals surface area contributed by atoms with E-state index >= 15 is 0 Å². The number of para-hydroxylation sites is 1. The number of nitrogens with zero attached hydrogens (tertiary/aromatic N) is 2. The molecule has 0 N–H and O–H groups in total. The largest absolute Gasteiger partial charge is 0.493 e. The molecule has 0 atom stereocenters. The molecule has 1 saturated carbocycles. The van der Waals surface area contributed by atoms with Gasteiger partial charge in [-0.1, -0.05) is 18.2 Å². The zero-order valence-electron chi connectivity index (χ0n) is 13.4. The first-order chi connectivity index (χ1) is 11.2. The fraction of sp³-hybridized carbons (Fsp3) is 0.556. The van der Waals surface area contributed by atoms with E-state index in [0.717, 1.165) is 38.1 Å². The van der Waals surface area contributed by atoms with E-state index in [1.54, 1.807) is 0 Å². The predicted molar refractivity (Wildman–Crippen MR) is 87.1 cm³/mol. The summed E-state index contributed by atoms with van der Waals surface area (Å²) in [5.41, 5.74) is 0. The monoisotopic (exact) mass is 316 g/mol. The van der Waals surface area contributed by atoms with Gasteiger partial charge in [0.15, 0.2) is 0 Å². The van der Waals surface area contributed by atoms with Gasteiger partial charge in [0.2, 0.25) is 11.8 Å². The third-order valence-corrected chi connectivity index (χ3v) is 4.41. The summed E-state index contributed by atoms with van der Waals surface area (Å²) < 4.78 is 5.59. The molecule has 1 saturated heterocycles. The van der Waals surface area contributed by atoms with Gasteiger partial charge in [-0.15, -0.1) is 0 Å². The Labute approximate surface area is 137 Å². The van der Waals surface area contributed by atoms with Gasteiger partial charge in [-0.2, -0.15) is 0 Å². The number of benzene rings is 1. The van der Waals surface area contributed by atoms with Crippen molar-refractivity contribution >= 4 is 11.8 Å². The molecule has 0 bridgehead atoms. The summed E-state index contributed by atoms with van der Waals surface area (Å²) in [7, 11) is 0. The molecule has 2 amide bonds. The Morgan fingerprint density at radius 3 is 2.43 bits per heavy atom. The van der Waals surface area contributed by atoms with Crippen LogP contribution in [-0.2, 0) is 9.59 Å².